The Kier molecular flexibility index (Phi) is 6.55. The summed E-state index contributed by atoms with van der Waals surface area (Å²) >= 11 is 0. The number of ether oxygens (including phenoxy) is 2. The third-order valence-electron chi connectivity index (χ3n) is 5.43. The Hall–Kier alpha value is -2.74. The Morgan fingerprint density at radius 2 is 1.93 bits per heavy atom. The van der Waals surface area contributed by atoms with Crippen molar-refractivity contribution in [2.45, 2.75) is 32.6 Å². The van der Waals surface area contributed by atoms with Gasteiger partial charge in [-0.15, -0.1) is 6.58 Å². The maximum absolute atomic E-state index is 13.4. The van der Waals surface area contributed by atoms with Crippen molar-refractivity contribution in [3.05, 3.63) is 46.9 Å². The number of benzene rings is 1. The van der Waals surface area contributed by atoms with E-state index in [0.717, 1.165) is 31.3 Å². The van der Waals surface area contributed by atoms with Crippen molar-refractivity contribution in [2.24, 2.45) is 0 Å². The molecule has 0 aromatic heterocycles. The van der Waals surface area contributed by atoms with Crippen LogP contribution in [0.2, 0.25) is 0 Å². The van der Waals surface area contributed by atoms with Gasteiger partial charge < -0.3 is 14.8 Å². The van der Waals surface area contributed by atoms with E-state index in [1.54, 1.807) is 19.1 Å². The van der Waals surface area contributed by atoms with Gasteiger partial charge in [0.05, 0.1) is 26.5 Å². The summed E-state index contributed by atoms with van der Waals surface area (Å²) in [5.74, 6) is 0.263. The topological polar surface area (TPSA) is 84.9 Å². The van der Waals surface area contributed by atoms with Crippen LogP contribution in [0.3, 0.4) is 0 Å². The largest absolute Gasteiger partial charge is 0.493 e. The van der Waals surface area contributed by atoms with Crippen molar-refractivity contribution in [1.82, 2.24) is 5.32 Å². The Morgan fingerprint density at radius 3 is 2.53 bits per heavy atom. The lowest BCUT2D eigenvalue weighted by Gasteiger charge is -2.32. The zero-order valence-electron chi connectivity index (χ0n) is 17.7. The van der Waals surface area contributed by atoms with Crippen molar-refractivity contribution in [3.8, 4) is 11.5 Å². The second-order valence-electron chi connectivity index (χ2n) is 7.29. The standard InChI is InChI=1S/C22H28N2O5S/c1-5-11-24-18-13-20(29-4)19(28-3)12-17(18)15(2)21(30(24,26)27)22(25)23-14-16-9-7-6-8-10-16/h5,9,12-13H,1,6-8,10-11,14H2,2-4H3,(H,23,25). The molecule has 1 amide bonds. The summed E-state index contributed by atoms with van der Waals surface area (Å²) in [5.41, 5.74) is 2.54. The average molecular weight is 433 g/mol. The molecule has 30 heavy (non-hydrogen) atoms. The molecule has 0 atom stereocenters. The summed E-state index contributed by atoms with van der Waals surface area (Å²) in [6, 6.07) is 3.31. The maximum Gasteiger partial charge on any atom is 0.270 e. The molecule has 0 saturated carbocycles. The van der Waals surface area contributed by atoms with E-state index in [-0.39, 0.29) is 11.4 Å². The van der Waals surface area contributed by atoms with E-state index >= 15 is 0 Å². The van der Waals surface area contributed by atoms with Crippen molar-refractivity contribution >= 4 is 27.2 Å². The number of carbonyl (C=O) groups excluding carboxylic acids is 1. The molecule has 1 aliphatic heterocycles. The minimum atomic E-state index is -4.07. The molecule has 0 unspecified atom stereocenters. The van der Waals surface area contributed by atoms with Gasteiger partial charge in [-0.05, 0) is 44.2 Å². The van der Waals surface area contributed by atoms with Crippen molar-refractivity contribution in [1.29, 1.82) is 0 Å². The van der Waals surface area contributed by atoms with E-state index in [9.17, 15) is 13.2 Å². The number of amides is 1. The molecule has 162 valence electrons. The lowest BCUT2D eigenvalue weighted by atomic mass is 9.99. The summed E-state index contributed by atoms with van der Waals surface area (Å²) in [5, 5.41) is 2.80. The first-order valence-corrected chi connectivity index (χ1v) is 11.4. The van der Waals surface area contributed by atoms with Gasteiger partial charge in [-0.1, -0.05) is 17.7 Å². The molecule has 0 saturated heterocycles. The molecule has 0 radical (unpaired) electrons. The minimum absolute atomic E-state index is 0.0278. The van der Waals surface area contributed by atoms with Gasteiger partial charge in [-0.2, -0.15) is 0 Å². The quantitative estimate of drug-likeness (QED) is 0.668. The highest BCUT2D eigenvalue weighted by Crippen LogP contribution is 2.44. The molecule has 1 aliphatic carbocycles. The van der Waals surface area contributed by atoms with Crippen LogP contribution in [0, 0.1) is 0 Å². The van der Waals surface area contributed by atoms with E-state index in [1.807, 2.05) is 0 Å². The number of fused-ring (bicyclic) bond motifs is 1. The van der Waals surface area contributed by atoms with Crippen LogP contribution in [-0.4, -0.2) is 41.6 Å². The van der Waals surface area contributed by atoms with Crippen LogP contribution in [0.5, 0.6) is 11.5 Å². The third kappa shape index (κ3) is 3.96. The number of anilines is 1. The summed E-state index contributed by atoms with van der Waals surface area (Å²) in [4.78, 5) is 12.8. The molecule has 1 heterocycles. The molecule has 2 aliphatic rings. The fourth-order valence-electron chi connectivity index (χ4n) is 3.87. The second kappa shape index (κ2) is 8.95. The van der Waals surface area contributed by atoms with Crippen LogP contribution in [0.25, 0.3) is 5.57 Å². The molecule has 3 rings (SSSR count). The van der Waals surface area contributed by atoms with E-state index in [2.05, 4.69) is 18.0 Å². The Labute approximate surface area is 178 Å². The van der Waals surface area contributed by atoms with Gasteiger partial charge in [0.15, 0.2) is 16.4 Å². The predicted molar refractivity (Wildman–Crippen MR) is 118 cm³/mol. The SMILES string of the molecule is C=CCN1c2cc(OC)c(OC)cc2C(C)=C(C(=O)NCC2=CCCCC2)S1(=O)=O. The first kappa shape index (κ1) is 22.0. The first-order valence-electron chi connectivity index (χ1n) is 9.92. The number of hydrogen-bond donors (Lipinski definition) is 1. The highest BCUT2D eigenvalue weighted by molar-refractivity contribution is 7.97. The van der Waals surface area contributed by atoms with Gasteiger partial charge >= 0.3 is 0 Å². The van der Waals surface area contributed by atoms with Gasteiger partial charge in [0.25, 0.3) is 15.9 Å². The number of rotatable bonds is 7. The number of nitrogens with one attached hydrogen (secondary N) is 1. The van der Waals surface area contributed by atoms with E-state index in [1.165, 1.54) is 24.6 Å². The molecule has 0 fully saturated rings. The minimum Gasteiger partial charge on any atom is -0.493 e. The Balaban J connectivity index is 2.07. The van der Waals surface area contributed by atoms with Gasteiger partial charge in [0.1, 0.15) is 0 Å². The second-order valence-corrected chi connectivity index (χ2v) is 9.09. The number of nitrogens with zero attached hydrogens (tertiary/aromatic N) is 1. The average Bonchev–Trinajstić information content (AvgIpc) is 2.74. The highest BCUT2D eigenvalue weighted by atomic mass is 32.2. The molecule has 8 heteroatoms. The predicted octanol–water partition coefficient (Wildman–Crippen LogP) is 3.39. The van der Waals surface area contributed by atoms with E-state index in [0.29, 0.717) is 34.9 Å². The first-order chi connectivity index (χ1) is 14.3. The van der Waals surface area contributed by atoms with Crippen LogP contribution >= 0.6 is 0 Å². The van der Waals surface area contributed by atoms with Crippen molar-refractivity contribution < 1.29 is 22.7 Å². The van der Waals surface area contributed by atoms with E-state index in [4.69, 9.17) is 9.47 Å². The Bertz CT molecular complexity index is 1020. The molecular formula is C22H28N2O5S. The molecule has 1 aromatic carbocycles. The number of carbonyl (C=O) groups is 1. The number of hydrogen-bond acceptors (Lipinski definition) is 5. The molecule has 7 nitrogen and oxygen atoms in total. The van der Waals surface area contributed by atoms with Crippen LogP contribution in [0.1, 0.15) is 38.2 Å². The maximum atomic E-state index is 13.4. The summed E-state index contributed by atoms with van der Waals surface area (Å²) in [7, 11) is -1.08. The van der Waals surface area contributed by atoms with Crippen molar-refractivity contribution in [3.63, 3.8) is 0 Å². The lowest BCUT2D eigenvalue weighted by molar-refractivity contribution is -0.116. The fourth-order valence-corrected chi connectivity index (χ4v) is 5.61. The van der Waals surface area contributed by atoms with Gasteiger partial charge in [-0.3, -0.25) is 9.10 Å². The van der Waals surface area contributed by atoms with Gasteiger partial charge in [0, 0.05) is 18.2 Å². The van der Waals surface area contributed by atoms with Crippen LogP contribution in [0.15, 0.2) is 41.3 Å². The summed E-state index contributed by atoms with van der Waals surface area (Å²) in [6.07, 6.45) is 7.76. The van der Waals surface area contributed by atoms with Crippen LogP contribution < -0.4 is 19.1 Å². The number of methoxy groups -OCH3 is 2. The number of sulfonamides is 1. The van der Waals surface area contributed by atoms with Gasteiger partial charge in [-0.25, -0.2) is 8.42 Å². The molecule has 1 aromatic rings. The van der Waals surface area contributed by atoms with Crippen molar-refractivity contribution in [2.75, 3.05) is 31.6 Å². The highest BCUT2D eigenvalue weighted by Gasteiger charge is 2.39. The van der Waals surface area contributed by atoms with Crippen LogP contribution in [-0.2, 0) is 14.8 Å². The fraction of sp³-hybridized carbons (Fsp3) is 0.409. The zero-order valence-corrected chi connectivity index (χ0v) is 18.5. The number of allylic oxidation sites excluding steroid dienone is 2. The smallest absolute Gasteiger partial charge is 0.270 e. The lowest BCUT2D eigenvalue weighted by Crippen LogP contribution is -2.41. The summed E-state index contributed by atoms with van der Waals surface area (Å²) in [6.45, 7) is 5.69. The van der Waals surface area contributed by atoms with E-state index < -0.39 is 15.9 Å². The molecule has 0 spiro atoms. The third-order valence-corrected chi connectivity index (χ3v) is 7.36. The monoisotopic (exact) mass is 432 g/mol. The zero-order chi connectivity index (χ0) is 21.9. The normalized spacial score (nSPS) is 17.7. The van der Waals surface area contributed by atoms with Crippen LogP contribution in [0.4, 0.5) is 5.69 Å². The molecular weight excluding hydrogens is 404 g/mol. The Morgan fingerprint density at radius 1 is 1.23 bits per heavy atom. The van der Waals surface area contributed by atoms with Gasteiger partial charge in [0.2, 0.25) is 0 Å². The molecule has 1 N–H and O–H groups in total. The molecule has 0 bridgehead atoms. The summed E-state index contributed by atoms with van der Waals surface area (Å²) < 4.78 is 38.7.